The smallest absolute Gasteiger partial charge is 0.387 e. The first-order valence-electron chi connectivity index (χ1n) is 6.39. The minimum Gasteiger partial charge on any atom is -0.481 e. The van der Waals surface area contributed by atoms with Crippen molar-refractivity contribution in [2.75, 3.05) is 13.1 Å². The maximum atomic E-state index is 12.2. The average Bonchev–Trinajstić information content (AvgIpc) is 2.82. The topological polar surface area (TPSA) is 66.8 Å². The van der Waals surface area contributed by atoms with Gasteiger partial charge in [0.15, 0.2) is 0 Å². The van der Waals surface area contributed by atoms with E-state index in [0.29, 0.717) is 18.5 Å². The summed E-state index contributed by atoms with van der Waals surface area (Å²) in [6.45, 7) is -0.823. The number of amides is 1. The van der Waals surface area contributed by atoms with E-state index in [1.807, 2.05) is 0 Å². The molecule has 1 saturated heterocycles. The monoisotopic (exact) mass is 299 g/mol. The molecule has 1 fully saturated rings. The van der Waals surface area contributed by atoms with Crippen LogP contribution >= 0.6 is 0 Å². The van der Waals surface area contributed by atoms with Crippen molar-refractivity contribution in [2.45, 2.75) is 20.0 Å². The van der Waals surface area contributed by atoms with Crippen molar-refractivity contribution in [3.63, 3.8) is 0 Å². The molecule has 21 heavy (non-hydrogen) atoms. The summed E-state index contributed by atoms with van der Waals surface area (Å²) in [6.07, 6.45) is 0.390. The van der Waals surface area contributed by atoms with Crippen molar-refractivity contribution in [1.29, 1.82) is 0 Å². The molecular formula is C14H15F2NO4. The Kier molecular flexibility index (Phi) is 4.11. The molecule has 1 heterocycles. The number of hydrogen-bond donors (Lipinski definition) is 1. The Balaban J connectivity index is 2.06. The average molecular weight is 299 g/mol. The third kappa shape index (κ3) is 3.29. The predicted octanol–water partition coefficient (Wildman–Crippen LogP) is 2.22. The first kappa shape index (κ1) is 15.2. The van der Waals surface area contributed by atoms with Gasteiger partial charge in [-0.2, -0.15) is 8.78 Å². The van der Waals surface area contributed by atoms with Crippen LogP contribution in [0.1, 0.15) is 23.7 Å². The van der Waals surface area contributed by atoms with Crippen molar-refractivity contribution in [1.82, 2.24) is 4.90 Å². The molecule has 1 atom stereocenters. The molecule has 1 aromatic carbocycles. The number of carbonyl (C=O) groups is 2. The quantitative estimate of drug-likeness (QED) is 0.925. The molecule has 1 N–H and O–H groups in total. The Hall–Kier alpha value is -2.18. The summed E-state index contributed by atoms with van der Waals surface area (Å²) < 4.78 is 28.3. The molecule has 1 aliphatic heterocycles. The Morgan fingerprint density at radius 3 is 2.43 bits per heavy atom. The van der Waals surface area contributed by atoms with Gasteiger partial charge in [0.25, 0.3) is 5.91 Å². The first-order chi connectivity index (χ1) is 9.82. The number of aliphatic carboxylic acids is 1. The number of ether oxygens (including phenoxy) is 1. The van der Waals surface area contributed by atoms with Crippen LogP contribution in [0.5, 0.6) is 5.75 Å². The van der Waals surface area contributed by atoms with Crippen LogP contribution in [-0.4, -0.2) is 41.6 Å². The standard InChI is InChI=1S/C14H15F2NO4/c1-14(12(19)20)6-7-17(8-14)11(18)9-2-4-10(5-3-9)21-13(15)16/h2-5,13H,6-8H2,1H3,(H,19,20). The van der Waals surface area contributed by atoms with Crippen molar-refractivity contribution in [3.05, 3.63) is 29.8 Å². The van der Waals surface area contributed by atoms with Gasteiger partial charge in [0.1, 0.15) is 5.75 Å². The first-order valence-corrected chi connectivity index (χ1v) is 6.39. The van der Waals surface area contributed by atoms with Crippen LogP contribution in [0.15, 0.2) is 24.3 Å². The highest BCUT2D eigenvalue weighted by Crippen LogP contribution is 2.31. The summed E-state index contributed by atoms with van der Waals surface area (Å²) in [6, 6.07) is 5.34. The largest absolute Gasteiger partial charge is 0.481 e. The molecule has 0 spiro atoms. The molecule has 1 aliphatic rings. The Morgan fingerprint density at radius 1 is 1.33 bits per heavy atom. The number of nitrogens with zero attached hydrogens (tertiary/aromatic N) is 1. The number of carboxylic acid groups (broad SMARTS) is 1. The van der Waals surface area contributed by atoms with Gasteiger partial charge in [-0.25, -0.2) is 0 Å². The van der Waals surface area contributed by atoms with Crippen molar-refractivity contribution in [3.8, 4) is 5.75 Å². The molecule has 5 nitrogen and oxygen atoms in total. The fourth-order valence-electron chi connectivity index (χ4n) is 2.27. The molecule has 0 saturated carbocycles. The van der Waals surface area contributed by atoms with E-state index >= 15 is 0 Å². The van der Waals surface area contributed by atoms with E-state index in [9.17, 15) is 18.4 Å². The number of hydrogen-bond acceptors (Lipinski definition) is 3. The van der Waals surface area contributed by atoms with E-state index in [-0.39, 0.29) is 18.2 Å². The molecule has 1 amide bonds. The molecule has 2 rings (SSSR count). The maximum absolute atomic E-state index is 12.2. The fraction of sp³-hybridized carbons (Fsp3) is 0.429. The third-order valence-electron chi connectivity index (χ3n) is 3.60. The van der Waals surface area contributed by atoms with Crippen LogP contribution in [0.2, 0.25) is 0 Å². The normalized spacial score (nSPS) is 21.6. The fourth-order valence-corrected chi connectivity index (χ4v) is 2.27. The summed E-state index contributed by atoms with van der Waals surface area (Å²) in [5.74, 6) is -1.28. The summed E-state index contributed by atoms with van der Waals surface area (Å²) in [5.41, 5.74) is -0.625. The minimum absolute atomic E-state index is 0.0293. The van der Waals surface area contributed by atoms with Crippen molar-refractivity contribution >= 4 is 11.9 Å². The van der Waals surface area contributed by atoms with Gasteiger partial charge in [-0.15, -0.1) is 0 Å². The maximum Gasteiger partial charge on any atom is 0.387 e. The molecule has 0 bridgehead atoms. The van der Waals surface area contributed by atoms with Crippen molar-refractivity contribution in [2.24, 2.45) is 5.41 Å². The highest BCUT2D eigenvalue weighted by Gasteiger charge is 2.42. The van der Waals surface area contributed by atoms with Crippen LogP contribution in [0, 0.1) is 5.41 Å². The lowest BCUT2D eigenvalue weighted by Crippen LogP contribution is -2.34. The lowest BCUT2D eigenvalue weighted by molar-refractivity contribution is -0.147. The number of halogens is 2. The van der Waals surface area contributed by atoms with E-state index in [2.05, 4.69) is 4.74 Å². The van der Waals surface area contributed by atoms with Gasteiger partial charge in [-0.05, 0) is 37.6 Å². The number of carbonyl (C=O) groups excluding carboxylic acids is 1. The minimum atomic E-state index is -2.92. The van der Waals surface area contributed by atoms with Crippen LogP contribution < -0.4 is 4.74 Å². The molecule has 1 aromatic rings. The number of carboxylic acids is 1. The Labute approximate surface area is 120 Å². The van der Waals surface area contributed by atoms with Gasteiger partial charge in [0.05, 0.1) is 5.41 Å². The molecule has 0 aromatic heterocycles. The van der Waals surface area contributed by atoms with Gasteiger partial charge >= 0.3 is 12.6 Å². The lowest BCUT2D eigenvalue weighted by atomic mass is 9.90. The molecule has 1 unspecified atom stereocenters. The van der Waals surface area contributed by atoms with Gasteiger partial charge < -0.3 is 14.7 Å². The van der Waals surface area contributed by atoms with Gasteiger partial charge in [0, 0.05) is 18.7 Å². The lowest BCUT2D eigenvalue weighted by Gasteiger charge is -2.20. The molecule has 0 aliphatic carbocycles. The zero-order valence-corrected chi connectivity index (χ0v) is 11.4. The number of benzene rings is 1. The van der Waals surface area contributed by atoms with E-state index in [1.54, 1.807) is 6.92 Å². The van der Waals surface area contributed by atoms with Gasteiger partial charge in [0.2, 0.25) is 0 Å². The SMILES string of the molecule is CC1(C(=O)O)CCN(C(=O)c2ccc(OC(F)F)cc2)C1. The zero-order chi connectivity index (χ0) is 15.6. The second kappa shape index (κ2) is 5.67. The van der Waals surface area contributed by atoms with E-state index < -0.39 is 18.0 Å². The second-order valence-corrected chi connectivity index (χ2v) is 5.25. The van der Waals surface area contributed by atoms with Crippen molar-refractivity contribution < 1.29 is 28.2 Å². The van der Waals surface area contributed by atoms with E-state index in [4.69, 9.17) is 5.11 Å². The van der Waals surface area contributed by atoms with Gasteiger partial charge in [-0.1, -0.05) is 0 Å². The molecule has 0 radical (unpaired) electrons. The zero-order valence-electron chi connectivity index (χ0n) is 11.4. The van der Waals surface area contributed by atoms with E-state index in [1.165, 1.54) is 29.2 Å². The predicted molar refractivity (Wildman–Crippen MR) is 69.3 cm³/mol. The molecule has 114 valence electrons. The number of alkyl halides is 2. The molecular weight excluding hydrogens is 284 g/mol. The summed E-state index contributed by atoms with van der Waals surface area (Å²) in [7, 11) is 0. The highest BCUT2D eigenvalue weighted by molar-refractivity contribution is 5.95. The highest BCUT2D eigenvalue weighted by atomic mass is 19.3. The third-order valence-corrected chi connectivity index (χ3v) is 3.60. The summed E-state index contributed by atoms with van der Waals surface area (Å²) in [4.78, 5) is 24.8. The second-order valence-electron chi connectivity index (χ2n) is 5.25. The van der Waals surface area contributed by atoms with Crippen LogP contribution in [-0.2, 0) is 4.79 Å². The van der Waals surface area contributed by atoms with E-state index in [0.717, 1.165) is 0 Å². The molecule has 7 heteroatoms. The Morgan fingerprint density at radius 2 is 1.95 bits per heavy atom. The number of rotatable bonds is 4. The number of likely N-dealkylation sites (tertiary alicyclic amines) is 1. The Bertz CT molecular complexity index is 546. The van der Waals surface area contributed by atoms with Gasteiger partial charge in [-0.3, -0.25) is 9.59 Å². The summed E-state index contributed by atoms with van der Waals surface area (Å²) in [5, 5.41) is 9.14. The van der Waals surface area contributed by atoms with Crippen LogP contribution in [0.25, 0.3) is 0 Å². The summed E-state index contributed by atoms with van der Waals surface area (Å²) >= 11 is 0. The van der Waals surface area contributed by atoms with Crippen LogP contribution in [0.3, 0.4) is 0 Å². The van der Waals surface area contributed by atoms with Crippen LogP contribution in [0.4, 0.5) is 8.78 Å².